The Morgan fingerprint density at radius 1 is 1.16 bits per heavy atom. The molecule has 2 aromatic carbocycles. The minimum Gasteiger partial charge on any atom is -0.493 e. The van der Waals surface area contributed by atoms with Gasteiger partial charge in [-0.05, 0) is 56.6 Å². The fourth-order valence-corrected chi connectivity index (χ4v) is 3.78. The molecule has 168 valence electrons. The van der Waals surface area contributed by atoms with Gasteiger partial charge in [-0.15, -0.1) is 0 Å². The predicted molar refractivity (Wildman–Crippen MR) is 125 cm³/mol. The Labute approximate surface area is 188 Å². The second-order valence-electron chi connectivity index (χ2n) is 8.20. The number of ether oxygens (including phenoxy) is 2. The summed E-state index contributed by atoms with van der Waals surface area (Å²) in [4.78, 5) is 15.5. The minimum absolute atomic E-state index is 0.194. The third-order valence-electron chi connectivity index (χ3n) is 6.02. The van der Waals surface area contributed by atoms with Crippen LogP contribution in [-0.2, 0) is 0 Å². The van der Waals surface area contributed by atoms with E-state index in [2.05, 4.69) is 29.3 Å². The van der Waals surface area contributed by atoms with Crippen LogP contribution in [0.5, 0.6) is 11.5 Å². The number of hydrogen-bond donors (Lipinski definition) is 1. The number of benzene rings is 2. The SMILES string of the molecule is COc1ccc(-c2cn(-c3ccccc3)nc2C(=O)NCC(C)N(C)C2CC2)cc1OC. The Hall–Kier alpha value is -3.32. The zero-order chi connectivity index (χ0) is 22.7. The van der Waals surface area contributed by atoms with Crippen LogP contribution in [0.15, 0.2) is 54.7 Å². The van der Waals surface area contributed by atoms with Crippen molar-refractivity contribution in [3.63, 3.8) is 0 Å². The normalized spacial score (nSPS) is 14.3. The van der Waals surface area contributed by atoms with Crippen LogP contribution in [0.1, 0.15) is 30.3 Å². The summed E-state index contributed by atoms with van der Waals surface area (Å²) in [6.45, 7) is 2.70. The maximum absolute atomic E-state index is 13.2. The summed E-state index contributed by atoms with van der Waals surface area (Å²) < 4.78 is 12.6. The first-order valence-electron chi connectivity index (χ1n) is 10.9. The number of nitrogens with one attached hydrogen (secondary N) is 1. The smallest absolute Gasteiger partial charge is 0.272 e. The van der Waals surface area contributed by atoms with Crippen molar-refractivity contribution in [1.29, 1.82) is 0 Å². The topological polar surface area (TPSA) is 68.6 Å². The van der Waals surface area contributed by atoms with Crippen molar-refractivity contribution in [2.45, 2.75) is 31.8 Å². The largest absolute Gasteiger partial charge is 0.493 e. The van der Waals surface area contributed by atoms with E-state index < -0.39 is 0 Å². The fourth-order valence-electron chi connectivity index (χ4n) is 3.78. The van der Waals surface area contributed by atoms with Crippen LogP contribution in [0, 0.1) is 0 Å². The second kappa shape index (κ2) is 9.44. The van der Waals surface area contributed by atoms with Gasteiger partial charge < -0.3 is 14.8 Å². The molecule has 0 bridgehead atoms. The zero-order valence-corrected chi connectivity index (χ0v) is 19.0. The molecule has 1 atom stereocenters. The van der Waals surface area contributed by atoms with Gasteiger partial charge in [0.25, 0.3) is 5.91 Å². The molecule has 0 spiro atoms. The van der Waals surface area contributed by atoms with E-state index in [1.165, 1.54) is 12.8 Å². The first-order chi connectivity index (χ1) is 15.5. The van der Waals surface area contributed by atoms with Crippen molar-refractivity contribution in [2.75, 3.05) is 27.8 Å². The van der Waals surface area contributed by atoms with E-state index in [9.17, 15) is 4.79 Å². The van der Waals surface area contributed by atoms with Crippen LogP contribution < -0.4 is 14.8 Å². The lowest BCUT2D eigenvalue weighted by Gasteiger charge is -2.24. The summed E-state index contributed by atoms with van der Waals surface area (Å²) in [6, 6.07) is 16.3. The number of carbonyl (C=O) groups is 1. The highest BCUT2D eigenvalue weighted by Gasteiger charge is 2.29. The molecule has 1 aliphatic carbocycles. The quantitative estimate of drug-likeness (QED) is 0.555. The number of methoxy groups -OCH3 is 2. The van der Waals surface area contributed by atoms with Crippen LogP contribution in [0.25, 0.3) is 16.8 Å². The van der Waals surface area contributed by atoms with Crippen molar-refractivity contribution < 1.29 is 14.3 Å². The van der Waals surface area contributed by atoms with Crippen LogP contribution >= 0.6 is 0 Å². The average Bonchev–Trinajstić information content (AvgIpc) is 3.59. The molecule has 1 heterocycles. The predicted octanol–water partition coefficient (Wildman–Crippen LogP) is 3.77. The molecular weight excluding hydrogens is 404 g/mol. The molecule has 1 fully saturated rings. The highest BCUT2D eigenvalue weighted by Crippen LogP contribution is 2.34. The summed E-state index contributed by atoms with van der Waals surface area (Å²) in [5.41, 5.74) is 2.83. The first kappa shape index (κ1) is 21.9. The third kappa shape index (κ3) is 4.62. The van der Waals surface area contributed by atoms with Gasteiger partial charge in [0, 0.05) is 30.4 Å². The monoisotopic (exact) mass is 434 g/mol. The number of likely N-dealkylation sites (N-methyl/N-ethyl adjacent to an activating group) is 1. The van der Waals surface area contributed by atoms with Crippen LogP contribution in [-0.4, -0.2) is 60.5 Å². The lowest BCUT2D eigenvalue weighted by molar-refractivity contribution is 0.0934. The van der Waals surface area contributed by atoms with Gasteiger partial charge in [0.2, 0.25) is 0 Å². The van der Waals surface area contributed by atoms with Gasteiger partial charge in [-0.3, -0.25) is 9.69 Å². The van der Waals surface area contributed by atoms with Gasteiger partial charge in [0.05, 0.1) is 19.9 Å². The van der Waals surface area contributed by atoms with Gasteiger partial charge in [-0.2, -0.15) is 5.10 Å². The van der Waals surface area contributed by atoms with E-state index in [0.717, 1.165) is 16.8 Å². The van der Waals surface area contributed by atoms with Gasteiger partial charge in [-0.1, -0.05) is 24.3 Å². The summed E-state index contributed by atoms with van der Waals surface area (Å²) in [5, 5.41) is 7.72. The van der Waals surface area contributed by atoms with Crippen molar-refractivity contribution in [3.05, 3.63) is 60.4 Å². The Morgan fingerprint density at radius 3 is 2.53 bits per heavy atom. The lowest BCUT2D eigenvalue weighted by atomic mass is 10.1. The molecule has 3 aromatic rings. The molecule has 1 saturated carbocycles. The fraction of sp³-hybridized carbons (Fsp3) is 0.360. The van der Waals surface area contributed by atoms with Crippen LogP contribution in [0.3, 0.4) is 0 Å². The summed E-state index contributed by atoms with van der Waals surface area (Å²) in [7, 11) is 5.32. The molecule has 32 heavy (non-hydrogen) atoms. The molecule has 7 heteroatoms. The molecule has 1 aliphatic rings. The van der Waals surface area contributed by atoms with E-state index in [-0.39, 0.29) is 11.9 Å². The number of nitrogens with zero attached hydrogens (tertiary/aromatic N) is 3. The molecule has 0 aliphatic heterocycles. The van der Waals surface area contributed by atoms with Crippen LogP contribution in [0.4, 0.5) is 0 Å². The van der Waals surface area contributed by atoms with Crippen molar-refractivity contribution in [3.8, 4) is 28.3 Å². The number of para-hydroxylation sites is 1. The molecule has 1 aromatic heterocycles. The maximum Gasteiger partial charge on any atom is 0.272 e. The molecule has 1 N–H and O–H groups in total. The summed E-state index contributed by atoms with van der Waals surface area (Å²) in [6.07, 6.45) is 4.35. The van der Waals surface area contributed by atoms with E-state index in [1.54, 1.807) is 18.9 Å². The van der Waals surface area contributed by atoms with Gasteiger partial charge >= 0.3 is 0 Å². The van der Waals surface area contributed by atoms with Crippen molar-refractivity contribution >= 4 is 5.91 Å². The van der Waals surface area contributed by atoms with E-state index in [1.807, 2.05) is 54.7 Å². The standard InChI is InChI=1S/C25H30N4O3/c1-17(28(2)19-11-12-19)15-26-25(30)24-21(16-29(27-24)20-8-6-5-7-9-20)18-10-13-22(31-3)23(14-18)32-4/h5-10,13-14,16-17,19H,11-12,15H2,1-4H3,(H,26,30). The Morgan fingerprint density at radius 2 is 1.88 bits per heavy atom. The average molecular weight is 435 g/mol. The molecule has 4 rings (SSSR count). The summed E-state index contributed by atoms with van der Waals surface area (Å²) >= 11 is 0. The lowest BCUT2D eigenvalue weighted by Crippen LogP contribution is -2.41. The number of hydrogen-bond acceptors (Lipinski definition) is 5. The number of carbonyl (C=O) groups excluding carboxylic acids is 1. The van der Waals surface area contributed by atoms with Gasteiger partial charge in [0.1, 0.15) is 0 Å². The highest BCUT2D eigenvalue weighted by atomic mass is 16.5. The number of amides is 1. The Bertz CT molecular complexity index is 1080. The highest BCUT2D eigenvalue weighted by molar-refractivity contribution is 5.99. The van der Waals surface area contributed by atoms with E-state index >= 15 is 0 Å². The third-order valence-corrected chi connectivity index (χ3v) is 6.02. The molecule has 0 saturated heterocycles. The molecule has 1 amide bonds. The zero-order valence-electron chi connectivity index (χ0n) is 19.0. The van der Waals surface area contributed by atoms with Gasteiger partial charge in [-0.25, -0.2) is 4.68 Å². The van der Waals surface area contributed by atoms with Crippen molar-refractivity contribution in [2.24, 2.45) is 0 Å². The maximum atomic E-state index is 13.2. The van der Waals surface area contributed by atoms with E-state index in [0.29, 0.717) is 29.8 Å². The van der Waals surface area contributed by atoms with Gasteiger partial charge in [0.15, 0.2) is 17.2 Å². The Kier molecular flexibility index (Phi) is 6.46. The second-order valence-corrected chi connectivity index (χ2v) is 8.20. The number of aromatic nitrogens is 2. The number of rotatable bonds is 9. The minimum atomic E-state index is -0.194. The van der Waals surface area contributed by atoms with Crippen molar-refractivity contribution in [1.82, 2.24) is 20.0 Å². The van der Waals surface area contributed by atoms with E-state index in [4.69, 9.17) is 9.47 Å². The molecule has 1 unspecified atom stereocenters. The van der Waals surface area contributed by atoms with Crippen LogP contribution in [0.2, 0.25) is 0 Å². The molecule has 0 radical (unpaired) electrons. The molecular formula is C25H30N4O3. The first-order valence-corrected chi connectivity index (χ1v) is 10.9. The summed E-state index contributed by atoms with van der Waals surface area (Å²) in [5.74, 6) is 1.04. The Balaban J connectivity index is 1.65. The molecule has 7 nitrogen and oxygen atoms in total.